The van der Waals surface area contributed by atoms with E-state index in [2.05, 4.69) is 5.32 Å². The fourth-order valence-corrected chi connectivity index (χ4v) is 2.66. The second-order valence-corrected chi connectivity index (χ2v) is 6.08. The predicted octanol–water partition coefficient (Wildman–Crippen LogP) is 1.36. The van der Waals surface area contributed by atoms with Crippen molar-refractivity contribution in [2.24, 2.45) is 12.8 Å². The highest BCUT2D eigenvalue weighted by Crippen LogP contribution is 2.12. The summed E-state index contributed by atoms with van der Waals surface area (Å²) < 4.78 is 3.25. The first-order valence-electron chi connectivity index (χ1n) is 8.11. The molecular weight excluding hydrogens is 292 g/mol. The number of nitrogens with two attached hydrogens (primary N) is 1. The van der Waals surface area contributed by atoms with E-state index in [9.17, 15) is 9.59 Å². The fraction of sp³-hybridized carbons (Fsp3) is 0.529. The summed E-state index contributed by atoms with van der Waals surface area (Å²) >= 11 is 0. The fourth-order valence-electron chi connectivity index (χ4n) is 2.66. The topological polar surface area (TPSA) is 82.1 Å². The highest BCUT2D eigenvalue weighted by atomic mass is 16.2. The van der Waals surface area contributed by atoms with Gasteiger partial charge in [0.1, 0.15) is 0 Å². The van der Waals surface area contributed by atoms with E-state index in [1.807, 2.05) is 38.1 Å². The molecule has 0 spiro atoms. The van der Waals surface area contributed by atoms with Gasteiger partial charge in [-0.1, -0.05) is 26.0 Å². The number of fused-ring (bicyclic) bond motifs is 1. The number of aromatic nitrogens is 2. The maximum atomic E-state index is 12.3. The van der Waals surface area contributed by atoms with Gasteiger partial charge in [-0.2, -0.15) is 0 Å². The molecule has 1 heterocycles. The van der Waals surface area contributed by atoms with Gasteiger partial charge in [-0.25, -0.2) is 4.79 Å². The number of nitrogens with zero attached hydrogens (tertiary/aromatic N) is 2. The minimum absolute atomic E-state index is 0.0819. The first kappa shape index (κ1) is 17.3. The maximum absolute atomic E-state index is 12.3. The molecule has 0 saturated heterocycles. The van der Waals surface area contributed by atoms with E-state index in [-0.39, 0.29) is 23.6 Å². The van der Waals surface area contributed by atoms with E-state index in [0.29, 0.717) is 13.1 Å². The SMILES string of the molecule is CCC(N)(CC)CNC(=O)CCn1c(=O)n(C)c2ccccc21. The smallest absolute Gasteiger partial charge is 0.328 e. The highest BCUT2D eigenvalue weighted by Gasteiger charge is 2.21. The molecule has 1 aromatic carbocycles. The second-order valence-electron chi connectivity index (χ2n) is 6.08. The van der Waals surface area contributed by atoms with Gasteiger partial charge >= 0.3 is 5.69 Å². The van der Waals surface area contributed by atoms with E-state index in [4.69, 9.17) is 5.73 Å². The van der Waals surface area contributed by atoms with Crippen molar-refractivity contribution in [3.63, 3.8) is 0 Å². The zero-order chi connectivity index (χ0) is 17.0. The van der Waals surface area contributed by atoms with Crippen LogP contribution in [0.4, 0.5) is 0 Å². The summed E-state index contributed by atoms with van der Waals surface area (Å²) in [6.45, 7) is 4.86. The zero-order valence-corrected chi connectivity index (χ0v) is 14.1. The number of hydrogen-bond acceptors (Lipinski definition) is 3. The summed E-state index contributed by atoms with van der Waals surface area (Å²) in [5.41, 5.74) is 7.44. The molecule has 2 rings (SSSR count). The molecule has 0 saturated carbocycles. The molecule has 0 bridgehead atoms. The molecule has 1 amide bonds. The Labute approximate surface area is 136 Å². The van der Waals surface area contributed by atoms with Gasteiger partial charge in [0.15, 0.2) is 0 Å². The van der Waals surface area contributed by atoms with Crippen LogP contribution in [-0.2, 0) is 18.4 Å². The number of carbonyl (C=O) groups excluding carboxylic acids is 1. The monoisotopic (exact) mass is 318 g/mol. The number of hydrogen-bond donors (Lipinski definition) is 2. The van der Waals surface area contributed by atoms with Gasteiger partial charge in [-0.3, -0.25) is 13.9 Å². The van der Waals surface area contributed by atoms with Crippen molar-refractivity contribution in [1.29, 1.82) is 0 Å². The standard InChI is InChI=1S/C17H26N4O2/c1-4-17(18,5-2)12-19-15(22)10-11-21-14-9-7-6-8-13(14)20(3)16(21)23/h6-9H,4-5,10-12,18H2,1-3H3,(H,19,22). The third kappa shape index (κ3) is 3.64. The molecule has 0 aliphatic rings. The van der Waals surface area contributed by atoms with Crippen LogP contribution in [0.25, 0.3) is 11.0 Å². The molecule has 6 nitrogen and oxygen atoms in total. The number of imidazole rings is 1. The van der Waals surface area contributed by atoms with Gasteiger partial charge in [-0.15, -0.1) is 0 Å². The van der Waals surface area contributed by atoms with Crippen molar-refractivity contribution in [1.82, 2.24) is 14.5 Å². The Hall–Kier alpha value is -2.08. The largest absolute Gasteiger partial charge is 0.354 e. The summed E-state index contributed by atoms with van der Waals surface area (Å²) in [7, 11) is 1.74. The van der Waals surface area contributed by atoms with E-state index in [1.165, 1.54) is 0 Å². The Balaban J connectivity index is 2.03. The van der Waals surface area contributed by atoms with Gasteiger partial charge in [-0.05, 0) is 25.0 Å². The molecule has 0 fully saturated rings. The molecule has 0 unspecified atom stereocenters. The summed E-state index contributed by atoms with van der Waals surface area (Å²) in [6.07, 6.45) is 1.89. The molecule has 126 valence electrons. The zero-order valence-electron chi connectivity index (χ0n) is 14.1. The van der Waals surface area contributed by atoms with Gasteiger partial charge < -0.3 is 11.1 Å². The molecule has 0 atom stereocenters. The van der Waals surface area contributed by atoms with Crippen molar-refractivity contribution in [2.75, 3.05) is 6.54 Å². The Bertz CT molecular complexity index is 741. The molecule has 0 radical (unpaired) electrons. The highest BCUT2D eigenvalue weighted by molar-refractivity contribution is 5.78. The van der Waals surface area contributed by atoms with Crippen LogP contribution in [-0.4, -0.2) is 27.1 Å². The number of amides is 1. The van der Waals surface area contributed by atoms with Gasteiger partial charge in [0.25, 0.3) is 0 Å². The van der Waals surface area contributed by atoms with Crippen LogP contribution in [0.3, 0.4) is 0 Å². The quantitative estimate of drug-likeness (QED) is 0.809. The average molecular weight is 318 g/mol. The maximum Gasteiger partial charge on any atom is 0.328 e. The lowest BCUT2D eigenvalue weighted by Crippen LogP contribution is -2.49. The predicted molar refractivity (Wildman–Crippen MR) is 92.3 cm³/mol. The van der Waals surface area contributed by atoms with Gasteiger partial charge in [0.05, 0.1) is 11.0 Å². The van der Waals surface area contributed by atoms with Crippen molar-refractivity contribution in [2.45, 2.75) is 45.2 Å². The number of nitrogens with one attached hydrogen (secondary N) is 1. The molecular formula is C17H26N4O2. The lowest BCUT2D eigenvalue weighted by atomic mass is 9.94. The Morgan fingerprint density at radius 3 is 2.43 bits per heavy atom. The molecule has 3 N–H and O–H groups in total. The molecule has 0 aliphatic heterocycles. The molecule has 6 heteroatoms. The normalized spacial score (nSPS) is 11.8. The van der Waals surface area contributed by atoms with E-state index < -0.39 is 0 Å². The third-order valence-corrected chi connectivity index (χ3v) is 4.66. The Morgan fingerprint density at radius 2 is 1.83 bits per heavy atom. The lowest BCUT2D eigenvalue weighted by Gasteiger charge is -2.26. The van der Waals surface area contributed by atoms with Gasteiger partial charge in [0, 0.05) is 32.1 Å². The number of aryl methyl sites for hydroxylation is 2. The van der Waals surface area contributed by atoms with Crippen LogP contribution >= 0.6 is 0 Å². The summed E-state index contributed by atoms with van der Waals surface area (Å²) in [5, 5.41) is 2.88. The van der Waals surface area contributed by atoms with Crippen molar-refractivity contribution in [3.05, 3.63) is 34.7 Å². The number of rotatable bonds is 7. The van der Waals surface area contributed by atoms with Crippen LogP contribution in [0.5, 0.6) is 0 Å². The lowest BCUT2D eigenvalue weighted by molar-refractivity contribution is -0.121. The van der Waals surface area contributed by atoms with Crippen LogP contribution < -0.4 is 16.7 Å². The van der Waals surface area contributed by atoms with Gasteiger partial charge in [0.2, 0.25) is 5.91 Å². The van der Waals surface area contributed by atoms with Crippen LogP contribution in [0.2, 0.25) is 0 Å². The van der Waals surface area contributed by atoms with E-state index in [0.717, 1.165) is 23.9 Å². The van der Waals surface area contributed by atoms with E-state index >= 15 is 0 Å². The molecule has 1 aromatic heterocycles. The van der Waals surface area contributed by atoms with Crippen molar-refractivity contribution >= 4 is 16.9 Å². The molecule has 0 aliphatic carbocycles. The Morgan fingerprint density at radius 1 is 1.22 bits per heavy atom. The Kier molecular flexibility index (Phi) is 5.26. The first-order chi connectivity index (χ1) is 10.9. The minimum atomic E-state index is -0.355. The molecule has 23 heavy (non-hydrogen) atoms. The van der Waals surface area contributed by atoms with Crippen LogP contribution in [0.15, 0.2) is 29.1 Å². The number of benzene rings is 1. The van der Waals surface area contributed by atoms with E-state index in [1.54, 1.807) is 16.2 Å². The number of para-hydroxylation sites is 2. The van der Waals surface area contributed by atoms with Crippen molar-refractivity contribution < 1.29 is 4.79 Å². The minimum Gasteiger partial charge on any atom is -0.354 e. The second kappa shape index (κ2) is 7.00. The summed E-state index contributed by atoms with van der Waals surface area (Å²) in [4.78, 5) is 24.3. The number of carbonyl (C=O) groups is 1. The van der Waals surface area contributed by atoms with Crippen LogP contribution in [0, 0.1) is 0 Å². The average Bonchev–Trinajstić information content (AvgIpc) is 2.82. The first-order valence-corrected chi connectivity index (χ1v) is 8.11. The third-order valence-electron chi connectivity index (χ3n) is 4.66. The molecule has 2 aromatic rings. The summed E-state index contributed by atoms with van der Waals surface area (Å²) in [6, 6.07) is 7.59. The van der Waals surface area contributed by atoms with Crippen molar-refractivity contribution in [3.8, 4) is 0 Å². The van der Waals surface area contributed by atoms with Crippen LogP contribution in [0.1, 0.15) is 33.1 Å². The summed E-state index contributed by atoms with van der Waals surface area (Å²) in [5.74, 6) is -0.0819.